The summed E-state index contributed by atoms with van der Waals surface area (Å²) in [4.78, 5) is 4.70. The van der Waals surface area contributed by atoms with Crippen LogP contribution in [0.5, 0.6) is 0 Å². The first-order chi connectivity index (χ1) is 15.7. The van der Waals surface area contributed by atoms with Crippen molar-refractivity contribution in [1.82, 2.24) is 20.4 Å². The summed E-state index contributed by atoms with van der Waals surface area (Å²) in [6.07, 6.45) is -0.479. The predicted molar refractivity (Wildman–Crippen MR) is 129 cm³/mol. The molecule has 0 amide bonds. The van der Waals surface area contributed by atoms with Crippen molar-refractivity contribution >= 4 is 0 Å². The second-order valence-electron chi connectivity index (χ2n) is 8.16. The molecular weight excluding hydrogens is 404 g/mol. The van der Waals surface area contributed by atoms with Gasteiger partial charge >= 0.3 is 0 Å². The third-order valence-corrected chi connectivity index (χ3v) is 5.41. The zero-order valence-corrected chi connectivity index (χ0v) is 19.2. The number of β-amino-alcohol motifs (C(OH)–C–C–N with tert-alkyl or cyclic N) is 2. The molecule has 0 atom stereocenters. The topological polar surface area (TPSA) is 91.2 Å². The van der Waals surface area contributed by atoms with Crippen LogP contribution in [0.4, 0.5) is 0 Å². The van der Waals surface area contributed by atoms with Gasteiger partial charge in [-0.05, 0) is 11.1 Å². The molecule has 2 saturated heterocycles. The third-order valence-electron chi connectivity index (χ3n) is 5.41. The van der Waals surface area contributed by atoms with Gasteiger partial charge in [0.2, 0.25) is 0 Å². The van der Waals surface area contributed by atoms with E-state index >= 15 is 0 Å². The predicted octanol–water partition coefficient (Wildman–Crippen LogP) is 0.514. The van der Waals surface area contributed by atoms with Crippen LogP contribution >= 0.6 is 0 Å². The van der Waals surface area contributed by atoms with Crippen molar-refractivity contribution in [3.63, 3.8) is 0 Å². The van der Waals surface area contributed by atoms with Crippen LogP contribution < -0.4 is 10.6 Å². The minimum atomic E-state index is -0.282. The van der Waals surface area contributed by atoms with E-state index in [4.69, 9.17) is 10.2 Å². The van der Waals surface area contributed by atoms with Crippen molar-refractivity contribution in [3.8, 4) is 0 Å². The molecule has 2 heterocycles. The summed E-state index contributed by atoms with van der Waals surface area (Å²) in [5, 5.41) is 32.4. The summed E-state index contributed by atoms with van der Waals surface area (Å²) in [7, 11) is 1.00. The Labute approximate surface area is 192 Å². The van der Waals surface area contributed by atoms with Gasteiger partial charge in [0.25, 0.3) is 0 Å². The summed E-state index contributed by atoms with van der Waals surface area (Å²) in [6.45, 7) is 8.72. The Morgan fingerprint density at radius 3 is 1.50 bits per heavy atom. The average molecular weight is 445 g/mol. The van der Waals surface area contributed by atoms with E-state index in [9.17, 15) is 5.11 Å². The first-order valence-corrected chi connectivity index (χ1v) is 11.4. The number of hydrogen-bond donors (Lipinski definition) is 5. The molecule has 7 heteroatoms. The lowest BCUT2D eigenvalue weighted by molar-refractivity contribution is 0.106. The molecule has 32 heavy (non-hydrogen) atoms. The Bertz CT molecular complexity index is 645. The van der Waals surface area contributed by atoms with Crippen LogP contribution in [0.1, 0.15) is 11.1 Å². The standard InChI is InChI=1S/C19H24N2O.C5H12N2O.CH4O/c22-19-15-20(13-17-7-3-1-4-8-17)11-12-21(16-19)14-18-9-5-2-6-10-18;8-5-3-6-1-2-7-4-5;1-2/h1-10,19,22H,11-16H2;5-8H,1-4H2;2H,1H3. The number of nitrogens with one attached hydrogen (secondary N) is 2. The first-order valence-electron chi connectivity index (χ1n) is 11.4. The fourth-order valence-electron chi connectivity index (χ4n) is 3.88. The van der Waals surface area contributed by atoms with Gasteiger partial charge in [-0.15, -0.1) is 0 Å². The van der Waals surface area contributed by atoms with Crippen molar-refractivity contribution in [2.45, 2.75) is 25.3 Å². The van der Waals surface area contributed by atoms with Gasteiger partial charge in [-0.3, -0.25) is 9.80 Å². The molecule has 2 aliphatic heterocycles. The van der Waals surface area contributed by atoms with E-state index in [-0.39, 0.29) is 12.2 Å². The number of aliphatic hydroxyl groups excluding tert-OH is 3. The molecule has 178 valence electrons. The number of benzene rings is 2. The fourth-order valence-corrected chi connectivity index (χ4v) is 3.88. The maximum Gasteiger partial charge on any atom is 0.0794 e. The Balaban J connectivity index is 0.000000304. The highest BCUT2D eigenvalue weighted by Gasteiger charge is 2.21. The second kappa shape index (κ2) is 15.9. The molecule has 0 aromatic heterocycles. The van der Waals surface area contributed by atoms with Crippen molar-refractivity contribution < 1.29 is 15.3 Å². The highest BCUT2D eigenvalue weighted by atomic mass is 16.3. The van der Waals surface area contributed by atoms with Crippen molar-refractivity contribution in [2.75, 3.05) is 59.5 Å². The molecule has 0 aliphatic carbocycles. The molecule has 7 nitrogen and oxygen atoms in total. The summed E-state index contributed by atoms with van der Waals surface area (Å²) >= 11 is 0. The first kappa shape index (κ1) is 26.4. The number of aliphatic hydroxyl groups is 3. The Kier molecular flexibility index (Phi) is 13.1. The highest BCUT2D eigenvalue weighted by Crippen LogP contribution is 2.12. The van der Waals surface area contributed by atoms with Crippen LogP contribution in [0.2, 0.25) is 0 Å². The molecule has 0 unspecified atom stereocenters. The quantitative estimate of drug-likeness (QED) is 0.470. The lowest BCUT2D eigenvalue weighted by Gasteiger charge is -2.21. The van der Waals surface area contributed by atoms with E-state index in [0.717, 1.165) is 72.6 Å². The smallest absolute Gasteiger partial charge is 0.0794 e. The molecule has 2 aliphatic rings. The zero-order chi connectivity index (χ0) is 23.0. The number of nitrogens with zero attached hydrogens (tertiary/aromatic N) is 2. The molecule has 2 aromatic rings. The second-order valence-corrected chi connectivity index (χ2v) is 8.16. The fraction of sp³-hybridized carbons (Fsp3) is 0.520. The Morgan fingerprint density at radius 2 is 1.09 bits per heavy atom. The SMILES string of the molecule is CO.OC1CN(Cc2ccccc2)CCN(Cc2ccccc2)C1.OC1CNCCNC1. The summed E-state index contributed by atoms with van der Waals surface area (Å²) in [5.41, 5.74) is 2.62. The van der Waals surface area contributed by atoms with Gasteiger partial charge in [-0.2, -0.15) is 0 Å². The maximum absolute atomic E-state index is 10.3. The Hall–Kier alpha value is -1.84. The molecule has 5 N–H and O–H groups in total. The van der Waals surface area contributed by atoms with E-state index in [1.807, 2.05) is 12.1 Å². The molecule has 0 spiro atoms. The summed E-state index contributed by atoms with van der Waals surface area (Å²) < 4.78 is 0. The summed E-state index contributed by atoms with van der Waals surface area (Å²) in [6, 6.07) is 21.0. The summed E-state index contributed by atoms with van der Waals surface area (Å²) in [5.74, 6) is 0. The molecule has 0 radical (unpaired) electrons. The molecule has 2 aromatic carbocycles. The van der Waals surface area contributed by atoms with Crippen LogP contribution in [0.25, 0.3) is 0 Å². The van der Waals surface area contributed by atoms with E-state index in [1.54, 1.807) is 0 Å². The number of hydrogen-bond acceptors (Lipinski definition) is 7. The largest absolute Gasteiger partial charge is 0.400 e. The Morgan fingerprint density at radius 1 is 0.688 bits per heavy atom. The molecule has 4 rings (SSSR count). The zero-order valence-electron chi connectivity index (χ0n) is 19.2. The van der Waals surface area contributed by atoms with Gasteiger partial charge in [0, 0.05) is 72.6 Å². The van der Waals surface area contributed by atoms with Crippen LogP contribution in [-0.4, -0.2) is 96.8 Å². The minimum Gasteiger partial charge on any atom is -0.400 e. The van der Waals surface area contributed by atoms with Crippen molar-refractivity contribution in [3.05, 3.63) is 71.8 Å². The van der Waals surface area contributed by atoms with Crippen LogP contribution in [0.3, 0.4) is 0 Å². The van der Waals surface area contributed by atoms with Crippen LogP contribution in [0.15, 0.2) is 60.7 Å². The third kappa shape index (κ3) is 10.7. The van der Waals surface area contributed by atoms with Crippen molar-refractivity contribution in [1.29, 1.82) is 0 Å². The average Bonchev–Trinajstić information content (AvgIpc) is 3.16. The lowest BCUT2D eigenvalue weighted by atomic mass is 10.2. The maximum atomic E-state index is 10.3. The minimum absolute atomic E-state index is 0.197. The van der Waals surface area contributed by atoms with E-state index in [0.29, 0.717) is 0 Å². The molecular formula is C25H40N4O3. The van der Waals surface area contributed by atoms with Gasteiger partial charge < -0.3 is 26.0 Å². The van der Waals surface area contributed by atoms with Crippen molar-refractivity contribution in [2.24, 2.45) is 0 Å². The van der Waals surface area contributed by atoms with Crippen LogP contribution in [0, 0.1) is 0 Å². The molecule has 2 fully saturated rings. The molecule has 0 saturated carbocycles. The molecule has 0 bridgehead atoms. The van der Waals surface area contributed by atoms with Gasteiger partial charge in [0.1, 0.15) is 0 Å². The van der Waals surface area contributed by atoms with E-state index < -0.39 is 0 Å². The number of rotatable bonds is 4. The normalized spacial score (nSPS) is 19.0. The van der Waals surface area contributed by atoms with Gasteiger partial charge in [0.15, 0.2) is 0 Å². The monoisotopic (exact) mass is 444 g/mol. The van der Waals surface area contributed by atoms with E-state index in [1.165, 1.54) is 11.1 Å². The van der Waals surface area contributed by atoms with Gasteiger partial charge in [0.05, 0.1) is 12.2 Å². The van der Waals surface area contributed by atoms with Gasteiger partial charge in [-0.25, -0.2) is 0 Å². The van der Waals surface area contributed by atoms with E-state index in [2.05, 4.69) is 69.0 Å². The highest BCUT2D eigenvalue weighted by molar-refractivity contribution is 5.15. The van der Waals surface area contributed by atoms with Gasteiger partial charge in [-0.1, -0.05) is 60.7 Å². The lowest BCUT2D eigenvalue weighted by Crippen LogP contribution is -2.33. The van der Waals surface area contributed by atoms with Crippen LogP contribution in [-0.2, 0) is 13.1 Å².